The summed E-state index contributed by atoms with van der Waals surface area (Å²) in [6.45, 7) is 2.02. The molecule has 0 saturated heterocycles. The third-order valence-corrected chi connectivity index (χ3v) is 5.53. The highest BCUT2D eigenvalue weighted by atomic mass is 35.5. The first kappa shape index (κ1) is 19.8. The average Bonchev–Trinajstić information content (AvgIpc) is 2.70. The van der Waals surface area contributed by atoms with Gasteiger partial charge in [0.15, 0.2) is 5.76 Å². The van der Waals surface area contributed by atoms with Gasteiger partial charge in [-0.25, -0.2) is 0 Å². The summed E-state index contributed by atoms with van der Waals surface area (Å²) in [7, 11) is 0. The summed E-state index contributed by atoms with van der Waals surface area (Å²) in [5, 5.41) is 1.92. The van der Waals surface area contributed by atoms with Crippen LogP contribution in [-0.2, 0) is 6.61 Å². The van der Waals surface area contributed by atoms with Crippen LogP contribution in [0.4, 0.5) is 0 Å². The maximum absolute atomic E-state index is 13.3. The molecule has 0 spiro atoms. The number of benzene rings is 3. The van der Waals surface area contributed by atoms with E-state index in [0.29, 0.717) is 31.6 Å². The van der Waals surface area contributed by atoms with Gasteiger partial charge in [0.2, 0.25) is 11.2 Å². The number of halogens is 3. The minimum Gasteiger partial charge on any atom is -0.481 e. The Hall–Kier alpha value is -2.46. The van der Waals surface area contributed by atoms with Crippen molar-refractivity contribution >= 4 is 45.8 Å². The van der Waals surface area contributed by atoms with Crippen molar-refractivity contribution in [3.63, 3.8) is 0 Å². The first-order valence-corrected chi connectivity index (χ1v) is 9.96. The number of rotatable bonds is 4. The van der Waals surface area contributed by atoms with Crippen LogP contribution in [0.5, 0.6) is 5.75 Å². The smallest absolute Gasteiger partial charge is 0.235 e. The van der Waals surface area contributed by atoms with Crippen LogP contribution in [0, 0.1) is 6.92 Å². The predicted molar refractivity (Wildman–Crippen MR) is 118 cm³/mol. The van der Waals surface area contributed by atoms with Crippen LogP contribution in [0.2, 0.25) is 15.1 Å². The second-order valence-electron chi connectivity index (χ2n) is 6.58. The first-order valence-electron chi connectivity index (χ1n) is 8.83. The molecule has 3 nitrogen and oxygen atoms in total. The van der Waals surface area contributed by atoms with Crippen molar-refractivity contribution in [2.24, 2.45) is 0 Å². The monoisotopic (exact) mass is 444 g/mol. The molecule has 0 unspecified atom stereocenters. The molecule has 0 fully saturated rings. The Kier molecular flexibility index (Phi) is 5.55. The Morgan fingerprint density at radius 1 is 0.931 bits per heavy atom. The van der Waals surface area contributed by atoms with Crippen molar-refractivity contribution in [1.82, 2.24) is 0 Å². The zero-order chi connectivity index (χ0) is 20.5. The van der Waals surface area contributed by atoms with Crippen molar-refractivity contribution in [3.8, 4) is 17.1 Å². The van der Waals surface area contributed by atoms with Crippen molar-refractivity contribution in [2.75, 3.05) is 0 Å². The van der Waals surface area contributed by atoms with E-state index in [0.717, 1.165) is 11.1 Å². The van der Waals surface area contributed by atoms with Gasteiger partial charge in [-0.3, -0.25) is 4.79 Å². The van der Waals surface area contributed by atoms with Gasteiger partial charge in [0.05, 0.1) is 10.4 Å². The van der Waals surface area contributed by atoms with Gasteiger partial charge in [-0.2, -0.15) is 0 Å². The molecule has 1 heterocycles. The Bertz CT molecular complexity index is 1260. The minimum atomic E-state index is -0.308. The van der Waals surface area contributed by atoms with Crippen LogP contribution in [0.3, 0.4) is 0 Å². The fourth-order valence-corrected chi connectivity index (χ4v) is 3.50. The van der Waals surface area contributed by atoms with Gasteiger partial charge in [-0.15, -0.1) is 0 Å². The number of ether oxygens (including phenoxy) is 1. The van der Waals surface area contributed by atoms with Crippen LogP contribution >= 0.6 is 34.8 Å². The lowest BCUT2D eigenvalue weighted by Crippen LogP contribution is -2.10. The SMILES string of the molecule is Cc1cc2oc(-c3ccccc3Cl)c(OCc3ccc(Cl)cc3)c(=O)c2cc1Cl. The number of aryl methyl sites for hydroxylation is 1. The van der Waals surface area contributed by atoms with Gasteiger partial charge in [0.25, 0.3) is 0 Å². The molecule has 0 aliphatic heterocycles. The average molecular weight is 446 g/mol. The summed E-state index contributed by atoms with van der Waals surface area (Å²) in [5.74, 6) is 0.365. The quantitative estimate of drug-likeness (QED) is 0.330. The van der Waals surface area contributed by atoms with E-state index in [1.807, 2.05) is 31.2 Å². The maximum atomic E-state index is 13.3. The van der Waals surface area contributed by atoms with Crippen molar-refractivity contribution in [1.29, 1.82) is 0 Å². The molecule has 0 N–H and O–H groups in total. The number of hydrogen-bond acceptors (Lipinski definition) is 3. The van der Waals surface area contributed by atoms with Crippen molar-refractivity contribution in [3.05, 3.63) is 97.1 Å². The second kappa shape index (κ2) is 8.11. The zero-order valence-electron chi connectivity index (χ0n) is 15.3. The summed E-state index contributed by atoms with van der Waals surface area (Å²) in [6.07, 6.45) is 0. The van der Waals surface area contributed by atoms with E-state index in [1.54, 1.807) is 36.4 Å². The molecule has 0 bridgehead atoms. The highest BCUT2D eigenvalue weighted by Gasteiger charge is 2.20. The van der Waals surface area contributed by atoms with Gasteiger partial charge in [-0.1, -0.05) is 59.1 Å². The van der Waals surface area contributed by atoms with Crippen LogP contribution < -0.4 is 10.2 Å². The standard InChI is InChI=1S/C23H15Cl3O3/c1-13-10-20-17(11-19(13)26)21(27)23(28-12-14-6-8-15(24)9-7-14)22(29-20)16-4-2-3-5-18(16)25/h2-11H,12H2,1H3. The maximum Gasteiger partial charge on any atom is 0.235 e. The molecule has 29 heavy (non-hydrogen) atoms. The summed E-state index contributed by atoms with van der Waals surface area (Å²) in [6, 6.07) is 17.7. The van der Waals surface area contributed by atoms with E-state index in [-0.39, 0.29) is 23.5 Å². The van der Waals surface area contributed by atoms with Crippen molar-refractivity contribution < 1.29 is 9.15 Å². The lowest BCUT2D eigenvalue weighted by Gasteiger charge is -2.13. The van der Waals surface area contributed by atoms with E-state index in [9.17, 15) is 4.79 Å². The molecule has 0 radical (unpaired) electrons. The first-order chi connectivity index (χ1) is 13.9. The molecule has 4 aromatic rings. The highest BCUT2D eigenvalue weighted by Crippen LogP contribution is 2.36. The molecule has 146 valence electrons. The largest absolute Gasteiger partial charge is 0.481 e. The molecule has 0 amide bonds. The van der Waals surface area contributed by atoms with Gasteiger partial charge in [0.1, 0.15) is 12.2 Å². The molecule has 0 aliphatic rings. The molecular formula is C23H15Cl3O3. The van der Waals surface area contributed by atoms with Gasteiger partial charge < -0.3 is 9.15 Å². The van der Waals surface area contributed by atoms with E-state index < -0.39 is 0 Å². The molecule has 6 heteroatoms. The lowest BCUT2D eigenvalue weighted by molar-refractivity contribution is 0.298. The van der Waals surface area contributed by atoms with Gasteiger partial charge >= 0.3 is 0 Å². The minimum absolute atomic E-state index is 0.0838. The Morgan fingerprint density at radius 2 is 1.66 bits per heavy atom. The van der Waals surface area contributed by atoms with Crippen LogP contribution in [0.25, 0.3) is 22.3 Å². The molecule has 0 saturated carbocycles. The van der Waals surface area contributed by atoms with E-state index in [4.69, 9.17) is 44.0 Å². The van der Waals surface area contributed by atoms with Crippen molar-refractivity contribution in [2.45, 2.75) is 13.5 Å². The Labute approximate surface area is 182 Å². The summed E-state index contributed by atoms with van der Waals surface area (Å²) in [4.78, 5) is 13.3. The van der Waals surface area contributed by atoms with E-state index in [1.165, 1.54) is 0 Å². The summed E-state index contributed by atoms with van der Waals surface area (Å²) < 4.78 is 12.0. The normalized spacial score (nSPS) is 11.0. The molecule has 0 atom stereocenters. The topological polar surface area (TPSA) is 39.4 Å². The number of fused-ring (bicyclic) bond motifs is 1. The molecule has 0 aliphatic carbocycles. The van der Waals surface area contributed by atoms with Crippen LogP contribution in [-0.4, -0.2) is 0 Å². The third kappa shape index (κ3) is 3.99. The predicted octanol–water partition coefficient (Wildman–Crippen LogP) is 7.31. The molecule has 3 aromatic carbocycles. The fourth-order valence-electron chi connectivity index (χ4n) is 2.99. The Morgan fingerprint density at radius 3 is 2.38 bits per heavy atom. The summed E-state index contributed by atoms with van der Waals surface area (Å²) >= 11 is 18.5. The zero-order valence-corrected chi connectivity index (χ0v) is 17.6. The van der Waals surface area contributed by atoms with E-state index in [2.05, 4.69) is 0 Å². The lowest BCUT2D eigenvalue weighted by atomic mass is 10.1. The van der Waals surface area contributed by atoms with Crippen LogP contribution in [0.1, 0.15) is 11.1 Å². The molecule has 4 rings (SSSR count). The third-order valence-electron chi connectivity index (χ3n) is 4.54. The summed E-state index contributed by atoms with van der Waals surface area (Å²) in [5.41, 5.74) is 2.36. The Balaban J connectivity index is 1.89. The van der Waals surface area contributed by atoms with Crippen LogP contribution in [0.15, 0.2) is 69.9 Å². The second-order valence-corrected chi connectivity index (χ2v) is 7.83. The van der Waals surface area contributed by atoms with E-state index >= 15 is 0 Å². The van der Waals surface area contributed by atoms with Gasteiger partial charge in [0, 0.05) is 15.6 Å². The van der Waals surface area contributed by atoms with Gasteiger partial charge in [-0.05, 0) is 54.4 Å². The molecule has 1 aromatic heterocycles. The highest BCUT2D eigenvalue weighted by molar-refractivity contribution is 6.33. The number of hydrogen-bond donors (Lipinski definition) is 0. The fraction of sp³-hybridized carbons (Fsp3) is 0.0870. The molecular weight excluding hydrogens is 431 g/mol.